The highest BCUT2D eigenvalue weighted by atomic mass is 32.2. The molecule has 1 aromatic heterocycles. The Labute approximate surface area is 139 Å². The topological polar surface area (TPSA) is 101 Å². The van der Waals surface area contributed by atoms with Gasteiger partial charge in [-0.2, -0.15) is 0 Å². The maximum Gasteiger partial charge on any atom is 0.290 e. The summed E-state index contributed by atoms with van der Waals surface area (Å²) < 4.78 is 4.85. The van der Waals surface area contributed by atoms with E-state index < -0.39 is 6.04 Å². The Balaban J connectivity index is 1.46. The number of carbonyl (C=O) groups excluding carboxylic acids is 2. The first-order valence-corrected chi connectivity index (χ1v) is 9.14. The molecular formula is C15H22N4O3S. The molecule has 1 unspecified atom stereocenters. The fraction of sp³-hybridized carbons (Fsp3) is 0.667. The minimum atomic E-state index is -0.417. The third-order valence-electron chi connectivity index (χ3n) is 4.63. The lowest BCUT2D eigenvalue weighted by molar-refractivity contribution is -0.132. The Morgan fingerprint density at radius 1 is 1.39 bits per heavy atom. The molecule has 0 spiro atoms. The monoisotopic (exact) mass is 338 g/mol. The molecule has 2 heterocycles. The number of rotatable bonds is 4. The number of nitrogens with two attached hydrogens (primary N) is 1. The Morgan fingerprint density at radius 3 is 2.78 bits per heavy atom. The van der Waals surface area contributed by atoms with Crippen LogP contribution in [-0.2, 0) is 4.79 Å². The Morgan fingerprint density at radius 2 is 2.17 bits per heavy atom. The number of nitrogens with zero attached hydrogens (tertiary/aromatic N) is 2. The van der Waals surface area contributed by atoms with Crippen molar-refractivity contribution in [2.45, 2.75) is 37.8 Å². The van der Waals surface area contributed by atoms with E-state index in [2.05, 4.69) is 10.5 Å². The molecule has 3 rings (SSSR count). The van der Waals surface area contributed by atoms with Crippen LogP contribution in [0.1, 0.15) is 36.2 Å². The summed E-state index contributed by atoms with van der Waals surface area (Å²) in [5.41, 5.74) is 6.18. The molecule has 0 bridgehead atoms. The smallest absolute Gasteiger partial charge is 0.290 e. The Hall–Kier alpha value is -1.54. The Bertz CT molecular complexity index is 537. The highest BCUT2D eigenvalue weighted by Crippen LogP contribution is 2.28. The predicted molar refractivity (Wildman–Crippen MR) is 86.7 cm³/mol. The Kier molecular flexibility index (Phi) is 5.22. The molecule has 3 N–H and O–H groups in total. The minimum absolute atomic E-state index is 0.0733. The van der Waals surface area contributed by atoms with Crippen molar-refractivity contribution in [1.29, 1.82) is 0 Å². The predicted octanol–water partition coefficient (Wildman–Crippen LogP) is 0.823. The first kappa shape index (κ1) is 16.3. The van der Waals surface area contributed by atoms with Crippen LogP contribution in [0.4, 0.5) is 0 Å². The van der Waals surface area contributed by atoms with Crippen molar-refractivity contribution in [2.24, 2.45) is 11.7 Å². The maximum atomic E-state index is 12.4. The van der Waals surface area contributed by atoms with E-state index in [1.165, 1.54) is 6.20 Å². The van der Waals surface area contributed by atoms with Crippen LogP contribution in [0.2, 0.25) is 0 Å². The lowest BCUT2D eigenvalue weighted by Crippen LogP contribution is -2.49. The van der Waals surface area contributed by atoms with Gasteiger partial charge < -0.3 is 20.5 Å². The number of amides is 2. The number of hydrogen-bond acceptors (Lipinski definition) is 6. The summed E-state index contributed by atoms with van der Waals surface area (Å²) in [5.74, 6) is 2.02. The molecule has 126 valence electrons. The van der Waals surface area contributed by atoms with Gasteiger partial charge in [-0.1, -0.05) is 5.16 Å². The molecule has 1 aliphatic heterocycles. The largest absolute Gasteiger partial charge is 0.351 e. The SMILES string of the molecule is NC(C(=O)N1CCSC1)C1CCC(NC(=O)c2ccno2)CC1. The summed E-state index contributed by atoms with van der Waals surface area (Å²) in [6.07, 6.45) is 4.83. The number of thioether (sulfide) groups is 1. The minimum Gasteiger partial charge on any atom is -0.351 e. The lowest BCUT2D eigenvalue weighted by Gasteiger charge is -2.33. The molecule has 7 nitrogen and oxygen atoms in total. The van der Waals surface area contributed by atoms with Gasteiger partial charge in [0.25, 0.3) is 5.91 Å². The quantitative estimate of drug-likeness (QED) is 0.843. The average Bonchev–Trinajstić information content (AvgIpc) is 3.27. The zero-order valence-corrected chi connectivity index (χ0v) is 13.8. The zero-order valence-electron chi connectivity index (χ0n) is 12.9. The average molecular weight is 338 g/mol. The van der Waals surface area contributed by atoms with Crippen molar-refractivity contribution in [3.8, 4) is 0 Å². The third-order valence-corrected chi connectivity index (χ3v) is 5.59. The van der Waals surface area contributed by atoms with Crippen molar-refractivity contribution in [2.75, 3.05) is 18.2 Å². The van der Waals surface area contributed by atoms with Crippen LogP contribution in [0.25, 0.3) is 0 Å². The molecule has 0 aromatic carbocycles. The van der Waals surface area contributed by atoms with Gasteiger partial charge in [0, 0.05) is 24.4 Å². The van der Waals surface area contributed by atoms with Crippen LogP contribution >= 0.6 is 11.8 Å². The second-order valence-electron chi connectivity index (χ2n) is 6.13. The lowest BCUT2D eigenvalue weighted by atomic mass is 9.81. The van der Waals surface area contributed by atoms with Crippen LogP contribution in [0.3, 0.4) is 0 Å². The van der Waals surface area contributed by atoms with Gasteiger partial charge in [-0.25, -0.2) is 0 Å². The van der Waals surface area contributed by atoms with E-state index in [0.717, 1.165) is 43.9 Å². The van der Waals surface area contributed by atoms with E-state index >= 15 is 0 Å². The van der Waals surface area contributed by atoms with E-state index in [4.69, 9.17) is 10.3 Å². The van der Waals surface area contributed by atoms with Crippen molar-refractivity contribution >= 4 is 23.6 Å². The maximum absolute atomic E-state index is 12.4. The van der Waals surface area contributed by atoms with E-state index in [1.54, 1.807) is 17.8 Å². The molecule has 1 saturated heterocycles. The highest BCUT2D eigenvalue weighted by Gasteiger charge is 2.33. The van der Waals surface area contributed by atoms with Crippen molar-refractivity contribution in [3.05, 3.63) is 18.0 Å². The summed E-state index contributed by atoms with van der Waals surface area (Å²) in [6.45, 7) is 0.805. The van der Waals surface area contributed by atoms with Gasteiger partial charge in [0.2, 0.25) is 11.7 Å². The number of carbonyl (C=O) groups is 2. The molecule has 1 atom stereocenters. The van der Waals surface area contributed by atoms with E-state index in [0.29, 0.717) is 0 Å². The molecule has 2 fully saturated rings. The van der Waals surface area contributed by atoms with E-state index in [9.17, 15) is 9.59 Å². The summed E-state index contributed by atoms with van der Waals surface area (Å²) in [7, 11) is 0. The molecule has 1 aliphatic carbocycles. The summed E-state index contributed by atoms with van der Waals surface area (Å²) in [4.78, 5) is 26.2. The fourth-order valence-electron chi connectivity index (χ4n) is 3.21. The van der Waals surface area contributed by atoms with Gasteiger partial charge in [0.15, 0.2) is 0 Å². The normalized spacial score (nSPS) is 26.0. The van der Waals surface area contributed by atoms with Crippen LogP contribution in [0, 0.1) is 5.92 Å². The van der Waals surface area contributed by atoms with Gasteiger partial charge in [-0.15, -0.1) is 11.8 Å². The second kappa shape index (κ2) is 7.35. The summed E-state index contributed by atoms with van der Waals surface area (Å²) in [5, 5.41) is 6.49. The standard InChI is InChI=1S/C15H22N4O3S/c16-13(15(21)19-7-8-23-9-19)10-1-3-11(4-2-10)18-14(20)12-5-6-17-22-12/h5-6,10-11,13H,1-4,7-9,16H2,(H,18,20). The van der Waals surface area contributed by atoms with Crippen LogP contribution < -0.4 is 11.1 Å². The number of aromatic nitrogens is 1. The van der Waals surface area contributed by atoms with Gasteiger partial charge in [0.05, 0.1) is 18.1 Å². The van der Waals surface area contributed by atoms with Crippen molar-refractivity contribution in [3.63, 3.8) is 0 Å². The van der Waals surface area contributed by atoms with Gasteiger partial charge in [0.1, 0.15) is 0 Å². The summed E-state index contributed by atoms with van der Waals surface area (Å²) in [6, 6.07) is 1.23. The van der Waals surface area contributed by atoms with Crippen LogP contribution in [0.5, 0.6) is 0 Å². The molecule has 1 aromatic rings. The van der Waals surface area contributed by atoms with Crippen molar-refractivity contribution < 1.29 is 14.1 Å². The molecular weight excluding hydrogens is 316 g/mol. The molecule has 8 heteroatoms. The van der Waals surface area contributed by atoms with E-state index in [-0.39, 0.29) is 29.5 Å². The third kappa shape index (κ3) is 3.87. The first-order valence-electron chi connectivity index (χ1n) is 7.99. The molecule has 23 heavy (non-hydrogen) atoms. The van der Waals surface area contributed by atoms with Gasteiger partial charge >= 0.3 is 0 Å². The summed E-state index contributed by atoms with van der Waals surface area (Å²) >= 11 is 1.77. The molecule has 2 aliphatic rings. The zero-order chi connectivity index (χ0) is 16.2. The fourth-order valence-corrected chi connectivity index (χ4v) is 4.17. The van der Waals surface area contributed by atoms with E-state index in [1.807, 2.05) is 4.90 Å². The highest BCUT2D eigenvalue weighted by molar-refractivity contribution is 7.99. The van der Waals surface area contributed by atoms with Gasteiger partial charge in [-0.05, 0) is 31.6 Å². The molecule has 0 radical (unpaired) electrons. The number of hydrogen-bond donors (Lipinski definition) is 2. The second-order valence-corrected chi connectivity index (χ2v) is 7.20. The first-order chi connectivity index (χ1) is 11.1. The van der Waals surface area contributed by atoms with Crippen LogP contribution in [0.15, 0.2) is 16.8 Å². The van der Waals surface area contributed by atoms with Gasteiger partial charge in [-0.3, -0.25) is 9.59 Å². The van der Waals surface area contributed by atoms with Crippen LogP contribution in [-0.4, -0.2) is 52.1 Å². The molecule has 2 amide bonds. The molecule has 1 saturated carbocycles. The van der Waals surface area contributed by atoms with Crippen molar-refractivity contribution in [1.82, 2.24) is 15.4 Å². The number of nitrogens with one attached hydrogen (secondary N) is 1.